The quantitative estimate of drug-likeness (QED) is 0.366. The van der Waals surface area contributed by atoms with Gasteiger partial charge in [0.05, 0.1) is 31.6 Å². The van der Waals surface area contributed by atoms with Crippen LogP contribution in [-0.2, 0) is 4.74 Å². The van der Waals surface area contributed by atoms with Crippen LogP contribution in [0.1, 0.15) is 23.2 Å². The first-order chi connectivity index (χ1) is 18.0. The summed E-state index contributed by atoms with van der Waals surface area (Å²) in [5, 5.41) is 13.4. The molecule has 3 N–H and O–H groups in total. The Kier molecular flexibility index (Phi) is 6.78. The third kappa shape index (κ3) is 4.85. The minimum absolute atomic E-state index is 0.217. The number of nitrogens with one attached hydrogen (secondary N) is 2. The summed E-state index contributed by atoms with van der Waals surface area (Å²) < 4.78 is 10.3. The van der Waals surface area contributed by atoms with Crippen LogP contribution in [0.15, 0.2) is 60.9 Å². The normalized spacial score (nSPS) is 14.0. The van der Waals surface area contributed by atoms with Crippen molar-refractivity contribution in [2.45, 2.75) is 18.9 Å². The first kappa shape index (κ1) is 24.3. The van der Waals surface area contributed by atoms with Gasteiger partial charge in [-0.1, -0.05) is 24.3 Å². The SMILES string of the molecule is COC(=O)Nc1ccc(-c2cnc3[nH]cc(-c4ccccc4OC)c3c2)cc1C(=O)N1CCC(O)CC1. The highest BCUT2D eigenvalue weighted by Crippen LogP contribution is 2.36. The lowest BCUT2D eigenvalue weighted by molar-refractivity contribution is 0.0547. The van der Waals surface area contributed by atoms with Gasteiger partial charge in [-0.25, -0.2) is 9.78 Å². The minimum atomic E-state index is -0.660. The van der Waals surface area contributed by atoms with Crippen LogP contribution in [-0.4, -0.2) is 65.4 Å². The third-order valence-electron chi connectivity index (χ3n) is 6.69. The van der Waals surface area contributed by atoms with E-state index in [2.05, 4.69) is 15.3 Å². The van der Waals surface area contributed by atoms with Gasteiger partial charge in [0.25, 0.3) is 5.91 Å². The highest BCUT2D eigenvalue weighted by atomic mass is 16.5. The van der Waals surface area contributed by atoms with E-state index < -0.39 is 12.2 Å². The molecule has 9 heteroatoms. The summed E-state index contributed by atoms with van der Waals surface area (Å²) in [5.41, 5.74) is 4.92. The van der Waals surface area contributed by atoms with E-state index in [9.17, 15) is 14.7 Å². The van der Waals surface area contributed by atoms with Crippen molar-refractivity contribution < 1.29 is 24.2 Å². The second-order valence-electron chi connectivity index (χ2n) is 8.92. The topological polar surface area (TPSA) is 117 Å². The first-order valence-corrected chi connectivity index (χ1v) is 12.1. The van der Waals surface area contributed by atoms with Gasteiger partial charge in [-0.2, -0.15) is 0 Å². The van der Waals surface area contributed by atoms with Crippen molar-refractivity contribution in [2.24, 2.45) is 0 Å². The highest BCUT2D eigenvalue weighted by molar-refractivity contribution is 6.04. The van der Waals surface area contributed by atoms with Gasteiger partial charge in [0, 0.05) is 47.6 Å². The monoisotopic (exact) mass is 500 g/mol. The summed E-state index contributed by atoms with van der Waals surface area (Å²) in [4.78, 5) is 35.0. The Morgan fingerprint density at radius 1 is 1.05 bits per heavy atom. The summed E-state index contributed by atoms with van der Waals surface area (Å²) in [6.45, 7) is 0.891. The number of carbonyl (C=O) groups is 2. The van der Waals surface area contributed by atoms with Gasteiger partial charge >= 0.3 is 6.09 Å². The molecule has 0 aliphatic carbocycles. The zero-order valence-corrected chi connectivity index (χ0v) is 20.7. The van der Waals surface area contributed by atoms with Gasteiger partial charge in [-0.05, 0) is 42.7 Å². The van der Waals surface area contributed by atoms with Gasteiger partial charge in [-0.15, -0.1) is 0 Å². The number of carbonyl (C=O) groups excluding carboxylic acids is 2. The number of pyridine rings is 1. The van der Waals surface area contributed by atoms with E-state index >= 15 is 0 Å². The third-order valence-corrected chi connectivity index (χ3v) is 6.69. The molecule has 2 amide bonds. The van der Waals surface area contributed by atoms with Crippen molar-refractivity contribution in [2.75, 3.05) is 32.6 Å². The molecule has 4 aromatic rings. The first-order valence-electron chi connectivity index (χ1n) is 12.1. The predicted octanol–water partition coefficient (Wildman–Crippen LogP) is 4.68. The van der Waals surface area contributed by atoms with Crippen molar-refractivity contribution >= 4 is 28.7 Å². The van der Waals surface area contributed by atoms with Crippen molar-refractivity contribution in [1.82, 2.24) is 14.9 Å². The number of benzene rings is 2. The Labute approximate surface area is 214 Å². The molecule has 1 saturated heterocycles. The molecule has 2 aromatic heterocycles. The summed E-state index contributed by atoms with van der Waals surface area (Å²) in [6, 6.07) is 15.1. The van der Waals surface area contributed by atoms with Crippen LogP contribution in [0.25, 0.3) is 33.3 Å². The number of nitrogens with zero attached hydrogens (tertiary/aromatic N) is 2. The number of amides is 2. The number of piperidine rings is 1. The van der Waals surface area contributed by atoms with Gasteiger partial charge in [0.2, 0.25) is 0 Å². The van der Waals surface area contributed by atoms with Crippen LogP contribution in [0.4, 0.5) is 10.5 Å². The lowest BCUT2D eigenvalue weighted by Crippen LogP contribution is -2.40. The lowest BCUT2D eigenvalue weighted by Gasteiger charge is -2.30. The van der Waals surface area contributed by atoms with Crippen molar-refractivity contribution in [3.8, 4) is 28.0 Å². The second-order valence-corrected chi connectivity index (χ2v) is 8.92. The number of aliphatic hydroxyl groups is 1. The van der Waals surface area contributed by atoms with E-state index in [1.807, 2.05) is 42.6 Å². The summed E-state index contributed by atoms with van der Waals surface area (Å²) in [5.74, 6) is 0.539. The molecule has 0 radical (unpaired) electrons. The van der Waals surface area contributed by atoms with Crippen LogP contribution in [0, 0.1) is 0 Å². The zero-order chi connectivity index (χ0) is 25.9. The molecule has 0 spiro atoms. The molecule has 37 heavy (non-hydrogen) atoms. The fraction of sp³-hybridized carbons (Fsp3) is 0.250. The Bertz CT molecular complexity index is 1460. The molecule has 0 saturated carbocycles. The van der Waals surface area contributed by atoms with Gasteiger partial charge in [0.1, 0.15) is 11.4 Å². The van der Waals surface area contributed by atoms with Crippen LogP contribution in [0.5, 0.6) is 5.75 Å². The van der Waals surface area contributed by atoms with Crippen LogP contribution >= 0.6 is 0 Å². The van der Waals surface area contributed by atoms with Crippen LogP contribution in [0.2, 0.25) is 0 Å². The van der Waals surface area contributed by atoms with Crippen molar-refractivity contribution in [3.63, 3.8) is 0 Å². The number of aromatic amines is 1. The number of likely N-dealkylation sites (tertiary alicyclic amines) is 1. The van der Waals surface area contributed by atoms with Crippen LogP contribution in [0.3, 0.4) is 0 Å². The molecule has 1 aliphatic heterocycles. The highest BCUT2D eigenvalue weighted by Gasteiger charge is 2.25. The van der Waals surface area contributed by atoms with E-state index in [1.165, 1.54) is 7.11 Å². The fourth-order valence-electron chi connectivity index (χ4n) is 4.66. The number of ether oxygens (including phenoxy) is 2. The van der Waals surface area contributed by atoms with E-state index in [0.717, 1.165) is 39.0 Å². The zero-order valence-electron chi connectivity index (χ0n) is 20.7. The van der Waals surface area contributed by atoms with E-state index in [-0.39, 0.29) is 5.91 Å². The number of hydrogen-bond acceptors (Lipinski definition) is 6. The minimum Gasteiger partial charge on any atom is -0.496 e. The number of methoxy groups -OCH3 is 2. The molecular weight excluding hydrogens is 472 g/mol. The maximum atomic E-state index is 13.5. The standard InChI is InChI=1S/C28H28N4O5/c1-36-25-6-4-3-5-20(25)23-16-30-26-21(23)14-18(15-29-26)17-7-8-24(31-28(35)37-2)22(13-17)27(34)32-11-9-19(33)10-12-32/h3-8,13-16,19,33H,9-12H2,1-2H3,(H,29,30)(H,31,35). The molecule has 0 atom stereocenters. The Morgan fingerprint density at radius 2 is 1.84 bits per heavy atom. The number of H-pyrrole nitrogens is 1. The predicted molar refractivity (Wildman–Crippen MR) is 141 cm³/mol. The number of fused-ring (bicyclic) bond motifs is 1. The maximum absolute atomic E-state index is 13.5. The van der Waals surface area contributed by atoms with Crippen LogP contribution < -0.4 is 10.1 Å². The number of aliphatic hydroxyl groups excluding tert-OH is 1. The average molecular weight is 501 g/mol. The molecule has 3 heterocycles. The van der Waals surface area contributed by atoms with Gasteiger partial charge < -0.3 is 24.5 Å². The molecule has 0 unspecified atom stereocenters. The fourth-order valence-corrected chi connectivity index (χ4v) is 4.66. The molecule has 1 fully saturated rings. The molecule has 9 nitrogen and oxygen atoms in total. The molecule has 5 rings (SSSR count). The van der Waals surface area contributed by atoms with Gasteiger partial charge in [-0.3, -0.25) is 10.1 Å². The molecule has 2 aromatic carbocycles. The smallest absolute Gasteiger partial charge is 0.411 e. The number of rotatable bonds is 5. The Hall–Kier alpha value is -4.37. The number of aromatic nitrogens is 2. The van der Waals surface area contributed by atoms with Gasteiger partial charge in [0.15, 0.2) is 0 Å². The maximum Gasteiger partial charge on any atom is 0.411 e. The van der Waals surface area contributed by atoms with E-state index in [1.54, 1.807) is 30.3 Å². The lowest BCUT2D eigenvalue weighted by atomic mass is 9.99. The van der Waals surface area contributed by atoms with Crippen molar-refractivity contribution in [1.29, 1.82) is 0 Å². The average Bonchev–Trinajstić information content (AvgIpc) is 3.36. The number of hydrogen-bond donors (Lipinski definition) is 3. The largest absolute Gasteiger partial charge is 0.496 e. The number of para-hydroxylation sites is 1. The number of anilines is 1. The summed E-state index contributed by atoms with van der Waals surface area (Å²) in [6.07, 6.45) is 3.63. The van der Waals surface area contributed by atoms with Crippen molar-refractivity contribution in [3.05, 3.63) is 66.5 Å². The van der Waals surface area contributed by atoms with E-state index in [4.69, 9.17) is 9.47 Å². The molecule has 190 valence electrons. The Morgan fingerprint density at radius 3 is 2.59 bits per heavy atom. The molecule has 0 bridgehead atoms. The summed E-state index contributed by atoms with van der Waals surface area (Å²) >= 11 is 0. The van der Waals surface area contributed by atoms with E-state index in [0.29, 0.717) is 37.2 Å². The Balaban J connectivity index is 1.56. The second kappa shape index (κ2) is 10.3. The summed E-state index contributed by atoms with van der Waals surface area (Å²) in [7, 11) is 2.91. The molecular formula is C28H28N4O5. The molecule has 1 aliphatic rings.